The van der Waals surface area contributed by atoms with Crippen LogP contribution in [0.2, 0.25) is 0 Å². The van der Waals surface area contributed by atoms with Crippen molar-refractivity contribution in [2.24, 2.45) is 0 Å². The van der Waals surface area contributed by atoms with Crippen molar-refractivity contribution in [1.82, 2.24) is 4.90 Å². The molecular formula is C15H18N2O4. The van der Waals surface area contributed by atoms with Gasteiger partial charge in [-0.15, -0.1) is 0 Å². The largest absolute Gasteiger partial charge is 0.493 e. The summed E-state index contributed by atoms with van der Waals surface area (Å²) in [6.07, 6.45) is 0.177. The average molecular weight is 290 g/mol. The fourth-order valence-electron chi connectivity index (χ4n) is 2.49. The Bertz CT molecular complexity index is 580. The van der Waals surface area contributed by atoms with Crippen molar-refractivity contribution in [2.75, 3.05) is 27.4 Å². The van der Waals surface area contributed by atoms with Gasteiger partial charge in [0.15, 0.2) is 11.5 Å². The minimum Gasteiger partial charge on any atom is -0.493 e. The minimum atomic E-state index is -0.674. The normalized spacial score (nSPS) is 16.7. The smallest absolute Gasteiger partial charge is 0.411 e. The molecule has 1 atom stereocenters. The lowest BCUT2D eigenvalue weighted by molar-refractivity contribution is 0.0960. The highest BCUT2D eigenvalue weighted by atomic mass is 16.6. The molecule has 0 aromatic heterocycles. The molecular weight excluding hydrogens is 272 g/mol. The molecule has 21 heavy (non-hydrogen) atoms. The van der Waals surface area contributed by atoms with Gasteiger partial charge < -0.3 is 14.2 Å². The summed E-state index contributed by atoms with van der Waals surface area (Å²) in [5, 5.41) is 9.44. The molecule has 1 amide bonds. The van der Waals surface area contributed by atoms with E-state index < -0.39 is 12.1 Å². The van der Waals surface area contributed by atoms with Crippen LogP contribution in [0.25, 0.3) is 0 Å². The molecule has 0 radical (unpaired) electrons. The molecule has 1 aromatic rings. The van der Waals surface area contributed by atoms with E-state index in [0.29, 0.717) is 24.5 Å². The third-order valence-corrected chi connectivity index (χ3v) is 3.50. The van der Waals surface area contributed by atoms with E-state index in [1.165, 1.54) is 12.0 Å². The van der Waals surface area contributed by atoms with Gasteiger partial charge in [-0.25, -0.2) is 4.79 Å². The Morgan fingerprint density at radius 3 is 2.62 bits per heavy atom. The third-order valence-electron chi connectivity index (χ3n) is 3.50. The summed E-state index contributed by atoms with van der Waals surface area (Å²) in [6.45, 7) is 2.47. The molecule has 0 N–H and O–H groups in total. The average Bonchev–Trinajstić information content (AvgIpc) is 2.52. The first kappa shape index (κ1) is 15.0. The van der Waals surface area contributed by atoms with E-state index >= 15 is 0 Å². The number of amides is 1. The molecule has 0 aliphatic carbocycles. The van der Waals surface area contributed by atoms with Gasteiger partial charge in [0.25, 0.3) is 0 Å². The Morgan fingerprint density at radius 1 is 1.38 bits per heavy atom. The topological polar surface area (TPSA) is 71.8 Å². The van der Waals surface area contributed by atoms with Crippen LogP contribution in [0.3, 0.4) is 0 Å². The number of methoxy groups -OCH3 is 2. The van der Waals surface area contributed by atoms with Crippen molar-refractivity contribution in [3.63, 3.8) is 0 Å². The van der Waals surface area contributed by atoms with Crippen LogP contribution in [0.5, 0.6) is 11.5 Å². The Labute approximate surface area is 123 Å². The van der Waals surface area contributed by atoms with E-state index in [2.05, 4.69) is 6.07 Å². The second-order valence-corrected chi connectivity index (χ2v) is 4.58. The lowest BCUT2D eigenvalue weighted by Gasteiger charge is -2.32. The number of ether oxygens (including phenoxy) is 3. The quantitative estimate of drug-likeness (QED) is 0.854. The van der Waals surface area contributed by atoms with Gasteiger partial charge in [-0.2, -0.15) is 5.26 Å². The molecule has 0 spiro atoms. The van der Waals surface area contributed by atoms with Crippen molar-refractivity contribution in [1.29, 1.82) is 5.26 Å². The number of carbonyl (C=O) groups is 1. The predicted octanol–water partition coefficient (Wildman–Crippen LogP) is 2.28. The van der Waals surface area contributed by atoms with E-state index in [0.717, 1.165) is 11.1 Å². The van der Waals surface area contributed by atoms with Gasteiger partial charge in [-0.3, -0.25) is 4.90 Å². The SMILES string of the molecule is CCOC(=O)N1CCc2cc(OC)c(OC)cc2C1C#N. The van der Waals surface area contributed by atoms with Gasteiger partial charge in [-0.1, -0.05) is 0 Å². The molecule has 1 aliphatic rings. The standard InChI is InChI=1S/C15H18N2O4/c1-4-21-15(18)17-6-5-10-7-13(19-2)14(20-3)8-11(10)12(17)9-16/h7-8,12H,4-6H2,1-3H3. The maximum atomic E-state index is 12.0. The first-order chi connectivity index (χ1) is 10.2. The summed E-state index contributed by atoms with van der Waals surface area (Å²) >= 11 is 0. The molecule has 6 nitrogen and oxygen atoms in total. The number of benzene rings is 1. The number of hydrogen-bond donors (Lipinski definition) is 0. The zero-order chi connectivity index (χ0) is 15.4. The maximum absolute atomic E-state index is 12.0. The van der Waals surface area contributed by atoms with Crippen molar-refractivity contribution >= 4 is 6.09 Å². The number of hydrogen-bond acceptors (Lipinski definition) is 5. The number of rotatable bonds is 3. The van der Waals surface area contributed by atoms with Gasteiger partial charge in [0.2, 0.25) is 0 Å². The van der Waals surface area contributed by atoms with E-state index in [9.17, 15) is 10.1 Å². The molecule has 6 heteroatoms. The highest BCUT2D eigenvalue weighted by molar-refractivity contribution is 5.70. The summed E-state index contributed by atoms with van der Waals surface area (Å²) in [5.41, 5.74) is 1.74. The lowest BCUT2D eigenvalue weighted by atomic mass is 9.93. The molecule has 1 aromatic carbocycles. The van der Waals surface area contributed by atoms with Crippen LogP contribution in [-0.4, -0.2) is 38.4 Å². The van der Waals surface area contributed by atoms with Crippen molar-refractivity contribution in [3.05, 3.63) is 23.3 Å². The van der Waals surface area contributed by atoms with E-state index in [4.69, 9.17) is 14.2 Å². The molecule has 0 saturated heterocycles. The second-order valence-electron chi connectivity index (χ2n) is 4.58. The summed E-state index contributed by atoms with van der Waals surface area (Å²) in [7, 11) is 3.11. The molecule has 1 aliphatic heterocycles. The van der Waals surface area contributed by atoms with Gasteiger partial charge >= 0.3 is 6.09 Å². The molecule has 2 rings (SSSR count). The Kier molecular flexibility index (Phi) is 4.53. The molecule has 112 valence electrons. The van der Waals surface area contributed by atoms with Gasteiger partial charge in [0.05, 0.1) is 26.9 Å². The Balaban J connectivity index is 2.42. The number of fused-ring (bicyclic) bond motifs is 1. The Hall–Kier alpha value is -2.42. The van der Waals surface area contributed by atoms with Crippen molar-refractivity contribution < 1.29 is 19.0 Å². The highest BCUT2D eigenvalue weighted by Gasteiger charge is 2.33. The van der Waals surface area contributed by atoms with Crippen molar-refractivity contribution in [2.45, 2.75) is 19.4 Å². The van der Waals surface area contributed by atoms with Crippen LogP contribution in [0, 0.1) is 11.3 Å². The first-order valence-electron chi connectivity index (χ1n) is 6.74. The van der Waals surface area contributed by atoms with Gasteiger partial charge in [0, 0.05) is 6.54 Å². The van der Waals surface area contributed by atoms with Crippen molar-refractivity contribution in [3.8, 4) is 17.6 Å². The lowest BCUT2D eigenvalue weighted by Crippen LogP contribution is -2.39. The monoisotopic (exact) mass is 290 g/mol. The Morgan fingerprint density at radius 2 is 2.05 bits per heavy atom. The zero-order valence-corrected chi connectivity index (χ0v) is 12.4. The summed E-state index contributed by atoms with van der Waals surface area (Å²) in [5.74, 6) is 1.17. The fourth-order valence-corrected chi connectivity index (χ4v) is 2.49. The van der Waals surface area contributed by atoms with Gasteiger partial charge in [-0.05, 0) is 36.6 Å². The fraction of sp³-hybridized carbons (Fsp3) is 0.467. The second kappa shape index (κ2) is 6.35. The molecule has 1 unspecified atom stereocenters. The summed E-state index contributed by atoms with van der Waals surface area (Å²) < 4.78 is 15.6. The zero-order valence-electron chi connectivity index (χ0n) is 12.4. The summed E-state index contributed by atoms with van der Waals surface area (Å²) in [4.78, 5) is 13.4. The molecule has 1 heterocycles. The molecule has 0 saturated carbocycles. The number of carbonyl (C=O) groups excluding carboxylic acids is 1. The van der Waals surface area contributed by atoms with Crippen LogP contribution in [-0.2, 0) is 11.2 Å². The number of nitrogens with zero attached hydrogens (tertiary/aromatic N) is 2. The van der Waals surface area contributed by atoms with E-state index in [1.807, 2.05) is 6.07 Å². The van der Waals surface area contributed by atoms with Crippen LogP contribution >= 0.6 is 0 Å². The van der Waals surface area contributed by atoms with Gasteiger partial charge in [0.1, 0.15) is 6.04 Å². The van der Waals surface area contributed by atoms with Crippen LogP contribution in [0.15, 0.2) is 12.1 Å². The summed E-state index contributed by atoms with van der Waals surface area (Å²) in [6, 6.07) is 5.11. The van der Waals surface area contributed by atoms with E-state index in [-0.39, 0.29) is 6.61 Å². The molecule has 0 fully saturated rings. The predicted molar refractivity (Wildman–Crippen MR) is 75.3 cm³/mol. The van der Waals surface area contributed by atoms with Crippen LogP contribution in [0.4, 0.5) is 4.79 Å². The number of nitriles is 1. The third kappa shape index (κ3) is 2.72. The highest BCUT2D eigenvalue weighted by Crippen LogP contribution is 2.37. The molecule has 0 bridgehead atoms. The maximum Gasteiger partial charge on any atom is 0.411 e. The van der Waals surface area contributed by atoms with Crippen LogP contribution in [0.1, 0.15) is 24.1 Å². The first-order valence-corrected chi connectivity index (χ1v) is 6.74. The van der Waals surface area contributed by atoms with Crippen LogP contribution < -0.4 is 9.47 Å². The minimum absolute atomic E-state index is 0.284. The van der Waals surface area contributed by atoms with E-state index in [1.54, 1.807) is 20.1 Å².